The van der Waals surface area contributed by atoms with E-state index in [0.717, 1.165) is 26.4 Å². The van der Waals surface area contributed by atoms with Gasteiger partial charge in [-0.3, -0.25) is 4.79 Å². The van der Waals surface area contributed by atoms with Crippen LogP contribution in [0.1, 0.15) is 26.3 Å². The van der Waals surface area contributed by atoms with E-state index in [1.54, 1.807) is 0 Å². The van der Waals surface area contributed by atoms with Gasteiger partial charge in [0.1, 0.15) is 0 Å². The Morgan fingerprint density at radius 2 is 1.48 bits per heavy atom. The lowest BCUT2D eigenvalue weighted by molar-refractivity contribution is -0.137. The number of alkyl halides is 3. The second-order valence-corrected chi connectivity index (χ2v) is 5.76. The maximum Gasteiger partial charge on any atom is 0.416 e. The minimum atomic E-state index is -4.50. The van der Waals surface area contributed by atoms with Crippen LogP contribution in [0.4, 0.5) is 24.5 Å². The first-order valence-corrected chi connectivity index (χ1v) is 8.16. The molecule has 0 spiro atoms. The third-order valence-corrected chi connectivity index (χ3v) is 3.70. The van der Waals surface area contributed by atoms with Crippen molar-refractivity contribution in [3.05, 3.63) is 59.2 Å². The van der Waals surface area contributed by atoms with Crippen molar-refractivity contribution in [1.82, 2.24) is 0 Å². The van der Waals surface area contributed by atoms with E-state index in [-0.39, 0.29) is 29.0 Å². The summed E-state index contributed by atoms with van der Waals surface area (Å²) in [6.07, 6.45) is -4.50. The lowest BCUT2D eigenvalue weighted by Gasteiger charge is -2.12. The van der Waals surface area contributed by atoms with Crippen LogP contribution in [-0.2, 0) is 20.4 Å². The molecule has 2 rings (SSSR count). The highest BCUT2D eigenvalue weighted by atomic mass is 19.4. The third kappa shape index (κ3) is 5.96. The van der Waals surface area contributed by atoms with Crippen LogP contribution in [0.2, 0.25) is 0 Å². The zero-order chi connectivity index (χ0) is 21.6. The van der Waals surface area contributed by atoms with Gasteiger partial charge in [-0.25, -0.2) is 9.59 Å². The average Bonchev–Trinajstić information content (AvgIpc) is 2.70. The van der Waals surface area contributed by atoms with Gasteiger partial charge in [0, 0.05) is 11.4 Å². The third-order valence-electron chi connectivity index (χ3n) is 3.70. The van der Waals surface area contributed by atoms with Crippen LogP contribution >= 0.6 is 0 Å². The zero-order valence-corrected chi connectivity index (χ0v) is 15.4. The number of carbonyl (C=O) groups excluding carboxylic acids is 3. The van der Waals surface area contributed by atoms with Crippen LogP contribution in [-0.4, -0.2) is 38.6 Å². The molecule has 7 nitrogen and oxygen atoms in total. The van der Waals surface area contributed by atoms with Gasteiger partial charge in [0.05, 0.1) is 37.5 Å². The Morgan fingerprint density at radius 3 is 2.00 bits per heavy atom. The number of esters is 2. The number of benzene rings is 2. The summed E-state index contributed by atoms with van der Waals surface area (Å²) in [5.41, 5.74) is -0.609. The van der Waals surface area contributed by atoms with Crippen molar-refractivity contribution in [2.45, 2.75) is 6.18 Å². The average molecular weight is 410 g/mol. The van der Waals surface area contributed by atoms with Crippen molar-refractivity contribution in [3.8, 4) is 0 Å². The summed E-state index contributed by atoms with van der Waals surface area (Å²) in [7, 11) is 2.31. The molecule has 0 aromatic heterocycles. The van der Waals surface area contributed by atoms with E-state index < -0.39 is 29.6 Å². The van der Waals surface area contributed by atoms with E-state index in [1.165, 1.54) is 30.3 Å². The van der Waals surface area contributed by atoms with Gasteiger partial charge in [-0.1, -0.05) is 6.07 Å². The summed E-state index contributed by atoms with van der Waals surface area (Å²) in [6, 6.07) is 8.22. The Kier molecular flexibility index (Phi) is 6.81. The van der Waals surface area contributed by atoms with E-state index in [4.69, 9.17) is 0 Å². The molecule has 0 aliphatic rings. The van der Waals surface area contributed by atoms with Crippen LogP contribution in [0.25, 0.3) is 0 Å². The summed E-state index contributed by atoms with van der Waals surface area (Å²) in [5, 5.41) is 5.04. The number of methoxy groups -OCH3 is 2. The van der Waals surface area contributed by atoms with Gasteiger partial charge in [0.25, 0.3) is 0 Å². The summed E-state index contributed by atoms with van der Waals surface area (Å²) < 4.78 is 47.4. The molecule has 10 heteroatoms. The molecule has 154 valence electrons. The van der Waals surface area contributed by atoms with Crippen LogP contribution < -0.4 is 10.6 Å². The standard InChI is InChI=1S/C19H17F3N2O5/c1-28-17(26)11-6-12(18(27)29-2)8-15(7-11)24-16(25)10-23-14-5-3-4-13(9-14)19(20,21)22/h3-9,23H,10H2,1-2H3,(H,24,25). The predicted octanol–water partition coefficient (Wildman–Crippen LogP) is 3.33. The predicted molar refractivity (Wildman–Crippen MR) is 97.7 cm³/mol. The van der Waals surface area contributed by atoms with Crippen molar-refractivity contribution in [1.29, 1.82) is 0 Å². The Balaban J connectivity index is 2.12. The van der Waals surface area contributed by atoms with Crippen LogP contribution in [0.3, 0.4) is 0 Å². The number of rotatable bonds is 6. The molecule has 2 aromatic carbocycles. The number of amides is 1. The molecule has 0 saturated carbocycles. The zero-order valence-electron chi connectivity index (χ0n) is 15.4. The first kappa shape index (κ1) is 21.7. The van der Waals surface area contributed by atoms with Crippen LogP contribution in [0.15, 0.2) is 42.5 Å². The molecule has 2 N–H and O–H groups in total. The quantitative estimate of drug-likeness (QED) is 0.710. The fraction of sp³-hybridized carbons (Fsp3) is 0.211. The van der Waals surface area contributed by atoms with Gasteiger partial charge >= 0.3 is 18.1 Å². The first-order chi connectivity index (χ1) is 13.6. The van der Waals surface area contributed by atoms with E-state index >= 15 is 0 Å². The maximum atomic E-state index is 12.7. The number of nitrogens with one attached hydrogen (secondary N) is 2. The van der Waals surface area contributed by atoms with Gasteiger partial charge in [-0.2, -0.15) is 13.2 Å². The van der Waals surface area contributed by atoms with Crippen LogP contribution in [0.5, 0.6) is 0 Å². The SMILES string of the molecule is COC(=O)c1cc(NC(=O)CNc2cccc(C(F)(F)F)c2)cc(C(=O)OC)c1. The summed E-state index contributed by atoms with van der Waals surface area (Å²) in [4.78, 5) is 35.6. The molecule has 0 saturated heterocycles. The molecular weight excluding hydrogens is 393 g/mol. The molecule has 0 aliphatic heterocycles. The normalized spacial score (nSPS) is 10.8. The Labute approximate surface area is 163 Å². The largest absolute Gasteiger partial charge is 0.465 e. The minimum absolute atomic E-state index is 0.0107. The molecule has 0 bridgehead atoms. The molecule has 29 heavy (non-hydrogen) atoms. The second-order valence-electron chi connectivity index (χ2n) is 5.76. The Hall–Kier alpha value is -3.56. The van der Waals surface area contributed by atoms with E-state index in [9.17, 15) is 27.6 Å². The van der Waals surface area contributed by atoms with Crippen LogP contribution in [0, 0.1) is 0 Å². The minimum Gasteiger partial charge on any atom is -0.465 e. The molecule has 0 fully saturated rings. The molecule has 2 aromatic rings. The molecule has 0 atom stereocenters. The first-order valence-electron chi connectivity index (χ1n) is 8.16. The lowest BCUT2D eigenvalue weighted by Crippen LogP contribution is -2.22. The van der Waals surface area contributed by atoms with Crippen molar-refractivity contribution in [2.24, 2.45) is 0 Å². The molecule has 0 heterocycles. The summed E-state index contributed by atoms with van der Waals surface area (Å²) in [6.45, 7) is -0.350. The topological polar surface area (TPSA) is 93.7 Å². The summed E-state index contributed by atoms with van der Waals surface area (Å²) in [5.74, 6) is -2.07. The molecular formula is C19H17F3N2O5. The molecule has 0 radical (unpaired) electrons. The van der Waals surface area contributed by atoms with Gasteiger partial charge in [0.2, 0.25) is 5.91 Å². The number of halogens is 3. The van der Waals surface area contributed by atoms with Crippen molar-refractivity contribution < 1.29 is 37.0 Å². The van der Waals surface area contributed by atoms with Gasteiger partial charge in [-0.15, -0.1) is 0 Å². The van der Waals surface area contributed by atoms with Crippen molar-refractivity contribution in [2.75, 3.05) is 31.4 Å². The second kappa shape index (κ2) is 9.09. The fourth-order valence-electron chi connectivity index (χ4n) is 2.36. The number of hydrogen-bond donors (Lipinski definition) is 2. The smallest absolute Gasteiger partial charge is 0.416 e. The highest BCUT2D eigenvalue weighted by Gasteiger charge is 2.30. The van der Waals surface area contributed by atoms with Gasteiger partial charge < -0.3 is 20.1 Å². The molecule has 0 unspecified atom stereocenters. The fourth-order valence-corrected chi connectivity index (χ4v) is 2.36. The number of anilines is 2. The summed E-state index contributed by atoms with van der Waals surface area (Å²) >= 11 is 0. The highest BCUT2D eigenvalue weighted by Crippen LogP contribution is 2.30. The van der Waals surface area contributed by atoms with E-state index in [1.807, 2.05) is 0 Å². The Morgan fingerprint density at radius 1 is 0.897 bits per heavy atom. The van der Waals surface area contributed by atoms with Gasteiger partial charge in [0.15, 0.2) is 0 Å². The highest BCUT2D eigenvalue weighted by molar-refractivity contribution is 6.00. The Bertz CT molecular complexity index is 894. The molecule has 0 aliphatic carbocycles. The maximum absolute atomic E-state index is 12.7. The lowest BCUT2D eigenvalue weighted by atomic mass is 10.1. The van der Waals surface area contributed by atoms with Crippen molar-refractivity contribution >= 4 is 29.2 Å². The monoisotopic (exact) mass is 410 g/mol. The number of hydrogen-bond acceptors (Lipinski definition) is 6. The number of carbonyl (C=O) groups is 3. The van der Waals surface area contributed by atoms with E-state index in [0.29, 0.717) is 0 Å². The van der Waals surface area contributed by atoms with Gasteiger partial charge in [-0.05, 0) is 36.4 Å². The van der Waals surface area contributed by atoms with E-state index in [2.05, 4.69) is 20.1 Å². The molecule has 1 amide bonds. The number of ether oxygens (including phenoxy) is 2. The van der Waals surface area contributed by atoms with Crippen molar-refractivity contribution in [3.63, 3.8) is 0 Å².